The molecule has 6 heteroatoms. The van der Waals surface area contributed by atoms with E-state index in [-0.39, 0.29) is 23.2 Å². The van der Waals surface area contributed by atoms with Crippen molar-refractivity contribution in [3.8, 4) is 0 Å². The second-order valence-electron chi connectivity index (χ2n) is 4.09. The van der Waals surface area contributed by atoms with E-state index in [2.05, 4.69) is 0 Å². The number of carboxylic acids is 2. The quantitative estimate of drug-likeness (QED) is 0.867. The molecule has 20 heavy (non-hydrogen) atoms. The van der Waals surface area contributed by atoms with E-state index in [1.807, 2.05) is 0 Å². The van der Waals surface area contributed by atoms with Crippen LogP contribution >= 0.6 is 0 Å². The number of nitrogens with zero attached hydrogens (tertiary/aromatic N) is 1. The molecular weight excluding hydrogens is 262 g/mol. The Balaban J connectivity index is 2.25. The number of hydrogen-bond donors (Lipinski definition) is 2. The normalized spacial score (nSPS) is 13.8. The number of carboxylic acid groups (broad SMARTS) is 2. The first-order chi connectivity index (χ1) is 9.50. The van der Waals surface area contributed by atoms with E-state index >= 15 is 0 Å². The third-order valence-corrected chi connectivity index (χ3v) is 2.84. The lowest BCUT2D eigenvalue weighted by atomic mass is 10.1. The molecule has 1 aliphatic rings. The third-order valence-electron chi connectivity index (χ3n) is 2.84. The summed E-state index contributed by atoms with van der Waals surface area (Å²) in [4.78, 5) is 35.3. The molecule has 0 atom stereocenters. The van der Waals surface area contributed by atoms with Crippen molar-refractivity contribution < 1.29 is 24.6 Å². The topological polar surface area (TPSA) is 94.9 Å². The fourth-order valence-corrected chi connectivity index (χ4v) is 1.82. The Morgan fingerprint density at radius 3 is 2.15 bits per heavy atom. The zero-order chi connectivity index (χ0) is 14.7. The van der Waals surface area contributed by atoms with Gasteiger partial charge in [0.2, 0.25) is 0 Å². The second kappa shape index (κ2) is 5.40. The molecular formula is C14H11NO5. The number of carbonyl (C=O) groups is 3. The van der Waals surface area contributed by atoms with E-state index in [0.717, 1.165) is 0 Å². The standard InChI is InChI=1S/C14H11NO5/c16-12(10-3-1-2-4-11(10)14(19)20)15-7-5-9(6-8-15)13(17)18/h1-7H,8H2,(H,17,18)(H,19,20). The van der Waals surface area contributed by atoms with Crippen LogP contribution in [-0.2, 0) is 4.79 Å². The molecule has 0 saturated carbocycles. The summed E-state index contributed by atoms with van der Waals surface area (Å²) in [6.07, 6.45) is 4.03. The molecule has 0 bridgehead atoms. The van der Waals surface area contributed by atoms with Crippen molar-refractivity contribution in [3.05, 3.63) is 59.3 Å². The van der Waals surface area contributed by atoms with Crippen LogP contribution in [-0.4, -0.2) is 39.5 Å². The summed E-state index contributed by atoms with van der Waals surface area (Å²) >= 11 is 0. The van der Waals surface area contributed by atoms with Crippen molar-refractivity contribution in [1.82, 2.24) is 4.90 Å². The predicted octanol–water partition coefficient (Wildman–Crippen LogP) is 1.37. The maximum absolute atomic E-state index is 12.2. The molecule has 1 heterocycles. The van der Waals surface area contributed by atoms with Crippen LogP contribution in [0.2, 0.25) is 0 Å². The lowest BCUT2D eigenvalue weighted by Crippen LogP contribution is -2.29. The van der Waals surface area contributed by atoms with Crippen LogP contribution in [0.3, 0.4) is 0 Å². The van der Waals surface area contributed by atoms with Crippen LogP contribution in [0.1, 0.15) is 20.7 Å². The minimum absolute atomic E-state index is 0.0665. The van der Waals surface area contributed by atoms with Gasteiger partial charge < -0.3 is 15.1 Å². The summed E-state index contributed by atoms with van der Waals surface area (Å²) in [6.45, 7) is 0.0882. The summed E-state index contributed by atoms with van der Waals surface area (Å²) < 4.78 is 0. The highest BCUT2D eigenvalue weighted by atomic mass is 16.4. The maximum Gasteiger partial charge on any atom is 0.336 e. The van der Waals surface area contributed by atoms with Crippen LogP contribution in [0.4, 0.5) is 0 Å². The monoisotopic (exact) mass is 273 g/mol. The molecule has 0 unspecified atom stereocenters. The molecule has 0 spiro atoms. The van der Waals surface area contributed by atoms with E-state index in [4.69, 9.17) is 10.2 Å². The summed E-state index contributed by atoms with van der Waals surface area (Å²) in [5.41, 5.74) is 0.0799. The number of aliphatic carboxylic acids is 1. The average Bonchev–Trinajstić information content (AvgIpc) is 2.46. The minimum Gasteiger partial charge on any atom is -0.478 e. The lowest BCUT2D eigenvalue weighted by molar-refractivity contribution is -0.132. The lowest BCUT2D eigenvalue weighted by Gasteiger charge is -2.20. The number of aromatic carboxylic acids is 1. The summed E-state index contributed by atoms with van der Waals surface area (Å²) in [7, 11) is 0. The first-order valence-electron chi connectivity index (χ1n) is 5.75. The van der Waals surface area contributed by atoms with Gasteiger partial charge in [-0.05, 0) is 18.2 Å². The van der Waals surface area contributed by atoms with E-state index in [1.165, 1.54) is 41.5 Å². The SMILES string of the molecule is O=C(O)C1=CCN(C(=O)c2ccccc2C(=O)O)C=C1. The largest absolute Gasteiger partial charge is 0.478 e. The number of carbonyl (C=O) groups excluding carboxylic acids is 1. The highest BCUT2D eigenvalue weighted by Crippen LogP contribution is 2.15. The predicted molar refractivity (Wildman–Crippen MR) is 69.3 cm³/mol. The Morgan fingerprint density at radius 2 is 1.65 bits per heavy atom. The molecule has 1 aromatic carbocycles. The van der Waals surface area contributed by atoms with Gasteiger partial charge in [-0.1, -0.05) is 18.2 Å². The first-order valence-corrected chi connectivity index (χ1v) is 5.75. The Bertz CT molecular complexity index is 645. The average molecular weight is 273 g/mol. The molecule has 0 saturated heterocycles. The van der Waals surface area contributed by atoms with Crippen LogP contribution in [0.25, 0.3) is 0 Å². The summed E-state index contributed by atoms with van der Waals surface area (Å²) in [5, 5.41) is 17.8. The molecule has 1 aromatic rings. The summed E-state index contributed by atoms with van der Waals surface area (Å²) in [5.74, 6) is -2.74. The zero-order valence-electron chi connectivity index (χ0n) is 10.3. The van der Waals surface area contributed by atoms with Crippen molar-refractivity contribution in [1.29, 1.82) is 0 Å². The molecule has 1 aliphatic heterocycles. The highest BCUT2D eigenvalue weighted by Gasteiger charge is 2.21. The van der Waals surface area contributed by atoms with Crippen molar-refractivity contribution in [2.24, 2.45) is 0 Å². The first kappa shape index (κ1) is 13.5. The Labute approximate surface area is 114 Å². The van der Waals surface area contributed by atoms with Crippen molar-refractivity contribution >= 4 is 17.8 Å². The Hall–Kier alpha value is -2.89. The van der Waals surface area contributed by atoms with E-state index < -0.39 is 17.8 Å². The number of hydrogen-bond acceptors (Lipinski definition) is 3. The molecule has 0 radical (unpaired) electrons. The molecule has 0 aromatic heterocycles. The van der Waals surface area contributed by atoms with Gasteiger partial charge in [0, 0.05) is 12.7 Å². The van der Waals surface area contributed by atoms with Gasteiger partial charge in [-0.2, -0.15) is 0 Å². The van der Waals surface area contributed by atoms with Crippen LogP contribution in [0, 0.1) is 0 Å². The fraction of sp³-hybridized carbons (Fsp3) is 0.0714. The fourth-order valence-electron chi connectivity index (χ4n) is 1.82. The van der Waals surface area contributed by atoms with Gasteiger partial charge in [-0.25, -0.2) is 9.59 Å². The van der Waals surface area contributed by atoms with Gasteiger partial charge in [-0.15, -0.1) is 0 Å². The van der Waals surface area contributed by atoms with E-state index in [1.54, 1.807) is 6.07 Å². The van der Waals surface area contributed by atoms with Gasteiger partial charge in [0.05, 0.1) is 16.7 Å². The molecule has 0 aliphatic carbocycles. The van der Waals surface area contributed by atoms with Gasteiger partial charge >= 0.3 is 11.9 Å². The van der Waals surface area contributed by atoms with Crippen LogP contribution in [0.5, 0.6) is 0 Å². The van der Waals surface area contributed by atoms with E-state index in [0.29, 0.717) is 0 Å². The van der Waals surface area contributed by atoms with Crippen molar-refractivity contribution in [3.63, 3.8) is 0 Å². The highest BCUT2D eigenvalue weighted by molar-refractivity contribution is 6.05. The molecule has 2 N–H and O–H groups in total. The molecule has 6 nitrogen and oxygen atoms in total. The second-order valence-corrected chi connectivity index (χ2v) is 4.09. The van der Waals surface area contributed by atoms with Crippen molar-refractivity contribution in [2.45, 2.75) is 0 Å². The Kier molecular flexibility index (Phi) is 3.65. The van der Waals surface area contributed by atoms with Crippen LogP contribution < -0.4 is 0 Å². The van der Waals surface area contributed by atoms with Gasteiger partial charge in [0.25, 0.3) is 5.91 Å². The minimum atomic E-state index is -1.18. The maximum atomic E-state index is 12.2. The van der Waals surface area contributed by atoms with Crippen LogP contribution in [0.15, 0.2) is 48.2 Å². The van der Waals surface area contributed by atoms with Gasteiger partial charge in [0.15, 0.2) is 0 Å². The molecule has 102 valence electrons. The number of rotatable bonds is 3. The Morgan fingerprint density at radius 1 is 1.00 bits per heavy atom. The van der Waals surface area contributed by atoms with Gasteiger partial charge in [-0.3, -0.25) is 4.79 Å². The smallest absolute Gasteiger partial charge is 0.336 e. The van der Waals surface area contributed by atoms with Gasteiger partial charge in [0.1, 0.15) is 0 Å². The molecule has 1 amide bonds. The van der Waals surface area contributed by atoms with E-state index in [9.17, 15) is 14.4 Å². The third kappa shape index (κ3) is 2.59. The van der Waals surface area contributed by atoms with Crippen molar-refractivity contribution in [2.75, 3.05) is 6.54 Å². The summed E-state index contributed by atoms with van der Waals surface area (Å²) in [6, 6.07) is 5.89. The molecule has 0 fully saturated rings. The number of benzene rings is 1. The zero-order valence-corrected chi connectivity index (χ0v) is 10.3. The number of amides is 1. The molecule has 2 rings (SSSR count).